The standard InChI is InChI=1S/C16H19F3N2O3/c1-10(11-2-3-11)21(9-16(17,18)19)14(22)8-24-13-6-4-12(5-7-13)15(20)23/h4-7,10-11H,2-3,8-9H2,1H3,(H2,20,23). The van der Waals surface area contributed by atoms with Crippen LogP contribution in [0.15, 0.2) is 24.3 Å². The molecule has 132 valence electrons. The van der Waals surface area contributed by atoms with Crippen LogP contribution in [-0.4, -0.2) is 42.1 Å². The number of halogens is 3. The maximum absolute atomic E-state index is 12.7. The van der Waals surface area contributed by atoms with Crippen LogP contribution in [0.2, 0.25) is 0 Å². The predicted molar refractivity (Wildman–Crippen MR) is 80.4 cm³/mol. The minimum absolute atomic E-state index is 0.117. The minimum Gasteiger partial charge on any atom is -0.484 e. The Hall–Kier alpha value is -2.25. The van der Waals surface area contributed by atoms with E-state index in [1.807, 2.05) is 0 Å². The average Bonchev–Trinajstić information content (AvgIpc) is 3.34. The Morgan fingerprint density at radius 2 is 1.88 bits per heavy atom. The molecule has 1 unspecified atom stereocenters. The van der Waals surface area contributed by atoms with E-state index in [4.69, 9.17) is 10.5 Å². The largest absolute Gasteiger partial charge is 0.484 e. The van der Waals surface area contributed by atoms with Crippen molar-refractivity contribution in [3.8, 4) is 5.75 Å². The third-order valence-corrected chi connectivity index (χ3v) is 3.97. The summed E-state index contributed by atoms with van der Waals surface area (Å²) in [5.41, 5.74) is 5.38. The number of nitrogens with zero attached hydrogens (tertiary/aromatic N) is 1. The van der Waals surface area contributed by atoms with E-state index in [0.717, 1.165) is 17.7 Å². The van der Waals surface area contributed by atoms with Crippen molar-refractivity contribution in [3.63, 3.8) is 0 Å². The molecule has 1 aromatic rings. The first kappa shape index (κ1) is 18.1. The summed E-state index contributed by atoms with van der Waals surface area (Å²) in [6, 6.07) is 5.24. The number of alkyl halides is 3. The molecule has 0 heterocycles. The molecule has 2 amide bonds. The van der Waals surface area contributed by atoms with Crippen LogP contribution in [0.5, 0.6) is 5.75 Å². The second kappa shape index (κ2) is 7.11. The van der Waals surface area contributed by atoms with Gasteiger partial charge in [-0.25, -0.2) is 0 Å². The number of carbonyl (C=O) groups excluding carboxylic acids is 2. The Kier molecular flexibility index (Phi) is 5.36. The van der Waals surface area contributed by atoms with Gasteiger partial charge in [-0.05, 0) is 49.9 Å². The SMILES string of the molecule is CC(C1CC1)N(CC(F)(F)F)C(=O)COc1ccc(C(N)=O)cc1. The van der Waals surface area contributed by atoms with Gasteiger partial charge < -0.3 is 15.4 Å². The molecule has 1 aliphatic rings. The summed E-state index contributed by atoms with van der Waals surface area (Å²) in [7, 11) is 0. The van der Waals surface area contributed by atoms with E-state index in [0.29, 0.717) is 0 Å². The monoisotopic (exact) mass is 344 g/mol. The van der Waals surface area contributed by atoms with E-state index in [9.17, 15) is 22.8 Å². The van der Waals surface area contributed by atoms with Crippen LogP contribution < -0.4 is 10.5 Å². The third-order valence-electron chi connectivity index (χ3n) is 3.97. The molecular formula is C16H19F3N2O3. The van der Waals surface area contributed by atoms with Gasteiger partial charge in [0.1, 0.15) is 12.3 Å². The van der Waals surface area contributed by atoms with E-state index in [2.05, 4.69) is 0 Å². The number of amides is 2. The van der Waals surface area contributed by atoms with Gasteiger partial charge in [0, 0.05) is 11.6 Å². The van der Waals surface area contributed by atoms with E-state index < -0.39 is 37.2 Å². The lowest BCUT2D eigenvalue weighted by Crippen LogP contribution is -2.47. The molecular weight excluding hydrogens is 325 g/mol. The number of primary amides is 1. The number of hydrogen-bond acceptors (Lipinski definition) is 3. The summed E-state index contributed by atoms with van der Waals surface area (Å²) in [6.45, 7) is -0.153. The van der Waals surface area contributed by atoms with Gasteiger partial charge in [-0.2, -0.15) is 13.2 Å². The first-order chi connectivity index (χ1) is 11.2. The van der Waals surface area contributed by atoms with Gasteiger partial charge >= 0.3 is 6.18 Å². The minimum atomic E-state index is -4.46. The highest BCUT2D eigenvalue weighted by Gasteiger charge is 2.40. The van der Waals surface area contributed by atoms with Gasteiger partial charge in [0.05, 0.1) is 0 Å². The molecule has 1 saturated carbocycles. The number of rotatable bonds is 7. The van der Waals surface area contributed by atoms with E-state index in [1.54, 1.807) is 6.92 Å². The molecule has 0 bridgehead atoms. The molecule has 0 saturated heterocycles. The molecule has 0 spiro atoms. The molecule has 24 heavy (non-hydrogen) atoms. The molecule has 0 aliphatic heterocycles. The molecule has 0 radical (unpaired) electrons. The third kappa shape index (κ3) is 5.14. The quantitative estimate of drug-likeness (QED) is 0.825. The second-order valence-corrected chi connectivity index (χ2v) is 5.89. The van der Waals surface area contributed by atoms with Crippen molar-refractivity contribution in [2.45, 2.75) is 32.0 Å². The summed E-state index contributed by atoms with van der Waals surface area (Å²) in [6.07, 6.45) is -2.79. The normalized spacial score (nSPS) is 15.7. The number of nitrogens with two attached hydrogens (primary N) is 1. The van der Waals surface area contributed by atoms with E-state index >= 15 is 0 Å². The van der Waals surface area contributed by atoms with Crippen LogP contribution in [0.1, 0.15) is 30.1 Å². The average molecular weight is 344 g/mol. The molecule has 1 aliphatic carbocycles. The van der Waals surface area contributed by atoms with Gasteiger partial charge in [-0.15, -0.1) is 0 Å². The fourth-order valence-corrected chi connectivity index (χ4v) is 2.43. The Labute approximate surface area is 137 Å². The molecule has 2 N–H and O–H groups in total. The fourth-order valence-electron chi connectivity index (χ4n) is 2.43. The zero-order chi connectivity index (χ0) is 17.9. The molecule has 5 nitrogen and oxygen atoms in total. The fraction of sp³-hybridized carbons (Fsp3) is 0.500. The van der Waals surface area contributed by atoms with Crippen molar-refractivity contribution < 1.29 is 27.5 Å². The van der Waals surface area contributed by atoms with Crippen molar-refractivity contribution in [1.82, 2.24) is 4.90 Å². The zero-order valence-corrected chi connectivity index (χ0v) is 13.2. The molecule has 8 heteroatoms. The highest BCUT2D eigenvalue weighted by molar-refractivity contribution is 5.92. The Bertz CT molecular complexity index is 598. The summed E-state index contributed by atoms with van der Waals surface area (Å²) in [4.78, 5) is 24.0. The summed E-state index contributed by atoms with van der Waals surface area (Å²) in [5.74, 6) is -0.927. The summed E-state index contributed by atoms with van der Waals surface area (Å²) in [5, 5.41) is 0. The van der Waals surface area contributed by atoms with Crippen LogP contribution in [0, 0.1) is 5.92 Å². The highest BCUT2D eigenvalue weighted by Crippen LogP contribution is 2.36. The number of hydrogen-bond donors (Lipinski definition) is 1. The molecule has 0 aromatic heterocycles. The van der Waals surface area contributed by atoms with Crippen LogP contribution >= 0.6 is 0 Å². The van der Waals surface area contributed by atoms with Crippen LogP contribution in [0.25, 0.3) is 0 Å². The zero-order valence-electron chi connectivity index (χ0n) is 13.2. The van der Waals surface area contributed by atoms with Crippen molar-refractivity contribution in [1.29, 1.82) is 0 Å². The maximum atomic E-state index is 12.7. The highest BCUT2D eigenvalue weighted by atomic mass is 19.4. The van der Waals surface area contributed by atoms with Gasteiger partial charge in [0.2, 0.25) is 5.91 Å². The van der Waals surface area contributed by atoms with Crippen molar-refractivity contribution in [3.05, 3.63) is 29.8 Å². The first-order valence-corrected chi connectivity index (χ1v) is 7.56. The lowest BCUT2D eigenvalue weighted by atomic mass is 10.2. The number of benzene rings is 1. The molecule has 1 fully saturated rings. The van der Waals surface area contributed by atoms with Crippen LogP contribution in [0.3, 0.4) is 0 Å². The van der Waals surface area contributed by atoms with Gasteiger partial charge in [-0.1, -0.05) is 0 Å². The second-order valence-electron chi connectivity index (χ2n) is 5.89. The van der Waals surface area contributed by atoms with Crippen molar-refractivity contribution in [2.75, 3.05) is 13.2 Å². The summed E-state index contributed by atoms with van der Waals surface area (Å²) < 4.78 is 43.4. The van der Waals surface area contributed by atoms with Crippen LogP contribution in [0.4, 0.5) is 13.2 Å². The Morgan fingerprint density at radius 1 is 1.29 bits per heavy atom. The van der Waals surface area contributed by atoms with Crippen LogP contribution in [-0.2, 0) is 4.79 Å². The van der Waals surface area contributed by atoms with Gasteiger partial charge in [0.15, 0.2) is 6.61 Å². The van der Waals surface area contributed by atoms with Crippen molar-refractivity contribution >= 4 is 11.8 Å². The van der Waals surface area contributed by atoms with Gasteiger partial charge in [-0.3, -0.25) is 9.59 Å². The molecule has 2 rings (SSSR count). The topological polar surface area (TPSA) is 72.6 Å². The Balaban J connectivity index is 1.97. The molecule has 1 aromatic carbocycles. The number of carbonyl (C=O) groups is 2. The van der Waals surface area contributed by atoms with E-state index in [-0.39, 0.29) is 17.2 Å². The van der Waals surface area contributed by atoms with E-state index in [1.165, 1.54) is 24.3 Å². The summed E-state index contributed by atoms with van der Waals surface area (Å²) >= 11 is 0. The number of ether oxygens (including phenoxy) is 1. The lowest BCUT2D eigenvalue weighted by molar-refractivity contribution is -0.167. The Morgan fingerprint density at radius 3 is 2.33 bits per heavy atom. The molecule has 1 atom stereocenters. The van der Waals surface area contributed by atoms with Crippen molar-refractivity contribution in [2.24, 2.45) is 11.7 Å². The smallest absolute Gasteiger partial charge is 0.406 e. The predicted octanol–water partition coefficient (Wildman–Crippen LogP) is 2.35. The van der Waals surface area contributed by atoms with Gasteiger partial charge in [0.25, 0.3) is 5.91 Å². The first-order valence-electron chi connectivity index (χ1n) is 7.56. The lowest BCUT2D eigenvalue weighted by Gasteiger charge is -2.30. The maximum Gasteiger partial charge on any atom is 0.406 e.